The molecule has 1 heterocycles. The average Bonchev–Trinajstić information content (AvgIpc) is 2.14. The van der Waals surface area contributed by atoms with E-state index in [0.29, 0.717) is 5.56 Å². The van der Waals surface area contributed by atoms with Gasteiger partial charge >= 0.3 is 0 Å². The minimum Gasteiger partial charge on any atom is -0.328 e. The fourth-order valence-electron chi connectivity index (χ4n) is 1.48. The predicted molar refractivity (Wildman–Crippen MR) is 55.7 cm³/mol. The second-order valence-electron chi connectivity index (χ2n) is 3.37. The molecule has 1 N–H and O–H groups in total. The van der Waals surface area contributed by atoms with Crippen LogP contribution in [0.15, 0.2) is 17.1 Å². The molecule has 1 aromatic heterocycles. The first-order valence-corrected chi connectivity index (χ1v) is 4.88. The Morgan fingerprint density at radius 3 is 2.79 bits per heavy atom. The molecule has 1 aromatic rings. The Labute approximate surface area is 83.2 Å². The van der Waals surface area contributed by atoms with E-state index in [4.69, 9.17) is 0 Å². The second-order valence-corrected chi connectivity index (χ2v) is 3.37. The van der Waals surface area contributed by atoms with Gasteiger partial charge in [0.15, 0.2) is 5.78 Å². The zero-order valence-corrected chi connectivity index (χ0v) is 8.59. The van der Waals surface area contributed by atoms with Crippen LogP contribution < -0.4 is 5.56 Å². The molecule has 0 saturated carbocycles. The monoisotopic (exact) mass is 193 g/mol. The molecule has 0 fully saturated rings. The van der Waals surface area contributed by atoms with Gasteiger partial charge in [-0.25, -0.2) is 0 Å². The predicted octanol–water partition coefficient (Wildman–Crippen LogP) is 1.92. The van der Waals surface area contributed by atoms with Gasteiger partial charge in [0.2, 0.25) is 0 Å². The Bertz CT molecular complexity index is 379. The zero-order chi connectivity index (χ0) is 10.6. The van der Waals surface area contributed by atoms with Crippen molar-refractivity contribution in [2.24, 2.45) is 0 Å². The quantitative estimate of drug-likeness (QED) is 0.743. The van der Waals surface area contributed by atoms with Crippen LogP contribution in [0.3, 0.4) is 0 Å². The first-order valence-electron chi connectivity index (χ1n) is 4.88. The molecule has 0 atom stereocenters. The van der Waals surface area contributed by atoms with Crippen molar-refractivity contribution in [1.82, 2.24) is 4.98 Å². The molecule has 0 unspecified atom stereocenters. The van der Waals surface area contributed by atoms with Crippen LogP contribution in [0.1, 0.15) is 42.6 Å². The van der Waals surface area contributed by atoms with Crippen molar-refractivity contribution in [3.05, 3.63) is 33.7 Å². The van der Waals surface area contributed by atoms with E-state index in [1.165, 1.54) is 6.92 Å². The maximum Gasteiger partial charge on any atom is 0.259 e. The van der Waals surface area contributed by atoms with Gasteiger partial charge in [-0.3, -0.25) is 9.59 Å². The molecule has 0 amide bonds. The standard InChI is InChI=1S/C11H15NO2/c1-3-4-5-9-6-7-12-11(14)10(9)8(2)13/h6-7H,3-5H2,1-2H3,(H,12,14). The van der Waals surface area contributed by atoms with Crippen molar-refractivity contribution in [2.45, 2.75) is 33.1 Å². The van der Waals surface area contributed by atoms with Gasteiger partial charge in [-0.15, -0.1) is 0 Å². The largest absolute Gasteiger partial charge is 0.328 e. The molecule has 76 valence electrons. The number of aryl methyl sites for hydroxylation is 1. The fraction of sp³-hybridized carbons (Fsp3) is 0.455. The van der Waals surface area contributed by atoms with Crippen molar-refractivity contribution in [3.8, 4) is 0 Å². The molecule has 0 aliphatic heterocycles. The maximum atomic E-state index is 11.4. The summed E-state index contributed by atoms with van der Waals surface area (Å²) in [6.45, 7) is 3.51. The number of carbonyl (C=O) groups excluding carboxylic acids is 1. The zero-order valence-electron chi connectivity index (χ0n) is 8.59. The van der Waals surface area contributed by atoms with E-state index in [1.807, 2.05) is 6.07 Å². The molecule has 0 radical (unpaired) electrons. The summed E-state index contributed by atoms with van der Waals surface area (Å²) in [5.74, 6) is -0.155. The lowest BCUT2D eigenvalue weighted by atomic mass is 10.0. The SMILES string of the molecule is CCCCc1cc[nH]c(=O)c1C(C)=O. The summed E-state index contributed by atoms with van der Waals surface area (Å²) < 4.78 is 0. The molecule has 0 aliphatic rings. The summed E-state index contributed by atoms with van der Waals surface area (Å²) in [6.07, 6.45) is 4.46. The van der Waals surface area contributed by atoms with Crippen molar-refractivity contribution < 1.29 is 4.79 Å². The Hall–Kier alpha value is -1.38. The molecular formula is C11H15NO2. The van der Waals surface area contributed by atoms with E-state index < -0.39 is 0 Å². The number of pyridine rings is 1. The number of Topliss-reactive ketones (excluding diaryl/α,β-unsaturated/α-hetero) is 1. The minimum absolute atomic E-state index is 0.155. The Balaban J connectivity index is 3.08. The second kappa shape index (κ2) is 4.74. The number of carbonyl (C=O) groups is 1. The minimum atomic E-state index is -0.272. The molecule has 3 heteroatoms. The lowest BCUT2D eigenvalue weighted by molar-refractivity contribution is 0.101. The molecule has 14 heavy (non-hydrogen) atoms. The first-order chi connectivity index (χ1) is 6.66. The lowest BCUT2D eigenvalue weighted by Crippen LogP contribution is -2.18. The van der Waals surface area contributed by atoms with Crippen molar-refractivity contribution in [2.75, 3.05) is 0 Å². The van der Waals surface area contributed by atoms with Gasteiger partial charge in [-0.2, -0.15) is 0 Å². The van der Waals surface area contributed by atoms with Gasteiger partial charge in [-0.05, 0) is 31.4 Å². The van der Waals surface area contributed by atoms with Crippen molar-refractivity contribution in [3.63, 3.8) is 0 Å². The third-order valence-corrected chi connectivity index (χ3v) is 2.20. The van der Waals surface area contributed by atoms with E-state index in [-0.39, 0.29) is 11.3 Å². The molecule has 0 saturated heterocycles. The van der Waals surface area contributed by atoms with Gasteiger partial charge in [-0.1, -0.05) is 13.3 Å². The van der Waals surface area contributed by atoms with Gasteiger partial charge in [0.1, 0.15) is 0 Å². The fourth-order valence-corrected chi connectivity index (χ4v) is 1.48. The topological polar surface area (TPSA) is 49.9 Å². The summed E-state index contributed by atoms with van der Waals surface area (Å²) >= 11 is 0. The third-order valence-electron chi connectivity index (χ3n) is 2.20. The van der Waals surface area contributed by atoms with Crippen LogP contribution in [0.5, 0.6) is 0 Å². The number of H-pyrrole nitrogens is 1. The number of aromatic nitrogens is 1. The van der Waals surface area contributed by atoms with E-state index in [0.717, 1.165) is 24.8 Å². The molecule has 0 aliphatic carbocycles. The number of hydrogen-bond acceptors (Lipinski definition) is 2. The smallest absolute Gasteiger partial charge is 0.259 e. The number of hydrogen-bond donors (Lipinski definition) is 1. The number of aromatic amines is 1. The summed E-state index contributed by atoms with van der Waals surface area (Å²) in [4.78, 5) is 25.1. The highest BCUT2D eigenvalue weighted by molar-refractivity contribution is 5.95. The van der Waals surface area contributed by atoms with Crippen molar-refractivity contribution >= 4 is 5.78 Å². The summed E-state index contributed by atoms with van der Waals surface area (Å²) in [5, 5.41) is 0. The van der Waals surface area contributed by atoms with Crippen LogP contribution in [-0.4, -0.2) is 10.8 Å². The van der Waals surface area contributed by atoms with E-state index in [2.05, 4.69) is 11.9 Å². The van der Waals surface area contributed by atoms with Gasteiger partial charge in [0, 0.05) is 6.20 Å². The summed E-state index contributed by atoms with van der Waals surface area (Å²) in [6, 6.07) is 1.81. The average molecular weight is 193 g/mol. The molecule has 0 aromatic carbocycles. The van der Waals surface area contributed by atoms with Gasteiger partial charge < -0.3 is 4.98 Å². The van der Waals surface area contributed by atoms with Crippen LogP contribution >= 0.6 is 0 Å². The summed E-state index contributed by atoms with van der Waals surface area (Å²) in [7, 11) is 0. The molecular weight excluding hydrogens is 178 g/mol. The highest BCUT2D eigenvalue weighted by atomic mass is 16.1. The summed E-state index contributed by atoms with van der Waals surface area (Å²) in [5.41, 5.74) is 0.912. The lowest BCUT2D eigenvalue weighted by Gasteiger charge is -2.03. The van der Waals surface area contributed by atoms with Crippen LogP contribution in [0, 0.1) is 0 Å². The normalized spacial score (nSPS) is 10.1. The Morgan fingerprint density at radius 2 is 2.21 bits per heavy atom. The van der Waals surface area contributed by atoms with Crippen LogP contribution in [0.25, 0.3) is 0 Å². The van der Waals surface area contributed by atoms with Crippen LogP contribution in [-0.2, 0) is 6.42 Å². The van der Waals surface area contributed by atoms with Crippen LogP contribution in [0.2, 0.25) is 0 Å². The van der Waals surface area contributed by atoms with E-state index in [1.54, 1.807) is 6.20 Å². The number of unbranched alkanes of at least 4 members (excludes halogenated alkanes) is 1. The number of ketones is 1. The van der Waals surface area contributed by atoms with Crippen LogP contribution in [0.4, 0.5) is 0 Å². The number of nitrogens with one attached hydrogen (secondary N) is 1. The van der Waals surface area contributed by atoms with E-state index in [9.17, 15) is 9.59 Å². The highest BCUT2D eigenvalue weighted by Crippen LogP contribution is 2.07. The van der Waals surface area contributed by atoms with E-state index >= 15 is 0 Å². The Kier molecular flexibility index (Phi) is 3.63. The highest BCUT2D eigenvalue weighted by Gasteiger charge is 2.10. The van der Waals surface area contributed by atoms with Gasteiger partial charge in [0.25, 0.3) is 5.56 Å². The third kappa shape index (κ3) is 2.31. The maximum absolute atomic E-state index is 11.4. The molecule has 0 spiro atoms. The molecule has 1 rings (SSSR count). The Morgan fingerprint density at radius 1 is 1.50 bits per heavy atom. The molecule has 0 bridgehead atoms. The van der Waals surface area contributed by atoms with Crippen molar-refractivity contribution in [1.29, 1.82) is 0 Å². The first kappa shape index (κ1) is 10.7. The van der Waals surface area contributed by atoms with Gasteiger partial charge in [0.05, 0.1) is 5.56 Å². The number of rotatable bonds is 4. The molecule has 3 nitrogen and oxygen atoms in total.